The fraction of sp³-hybridized carbons (Fsp3) is 0.258. The van der Waals surface area contributed by atoms with Crippen LogP contribution in [0.5, 0.6) is 0 Å². The number of aromatic amines is 1. The van der Waals surface area contributed by atoms with Crippen molar-refractivity contribution in [2.75, 3.05) is 7.11 Å². The summed E-state index contributed by atoms with van der Waals surface area (Å²) in [5.74, 6) is -3.35. The van der Waals surface area contributed by atoms with E-state index < -0.39 is 57.4 Å². The number of urea groups is 1. The van der Waals surface area contributed by atoms with Gasteiger partial charge in [0, 0.05) is 6.42 Å². The lowest BCUT2D eigenvalue weighted by molar-refractivity contribution is -0.192. The van der Waals surface area contributed by atoms with Crippen LogP contribution in [0.4, 0.5) is 18.0 Å². The monoisotopic (exact) mass is 689 g/mol. The molecule has 1 aromatic heterocycles. The van der Waals surface area contributed by atoms with Crippen LogP contribution in [0.15, 0.2) is 78.9 Å². The third-order valence-electron chi connectivity index (χ3n) is 7.15. The third-order valence-corrected chi connectivity index (χ3v) is 8.85. The van der Waals surface area contributed by atoms with Crippen LogP contribution in [-0.4, -0.2) is 66.7 Å². The van der Waals surface area contributed by atoms with Crippen LogP contribution in [0.25, 0.3) is 11.0 Å². The van der Waals surface area contributed by atoms with Gasteiger partial charge in [0.1, 0.15) is 17.1 Å². The minimum absolute atomic E-state index is 0.130. The summed E-state index contributed by atoms with van der Waals surface area (Å²) in [7, 11) is -2.49. The number of benzene rings is 3. The predicted molar refractivity (Wildman–Crippen MR) is 165 cm³/mol. The van der Waals surface area contributed by atoms with Crippen LogP contribution in [0.2, 0.25) is 0 Å². The summed E-state index contributed by atoms with van der Waals surface area (Å²) in [6.07, 6.45) is -4.65. The van der Waals surface area contributed by atoms with Gasteiger partial charge in [-0.3, -0.25) is 9.52 Å². The second-order valence-corrected chi connectivity index (χ2v) is 12.4. The molecular formula is C31H30F3N5O8S. The molecule has 17 heteroatoms. The van der Waals surface area contributed by atoms with Gasteiger partial charge < -0.3 is 25.5 Å². The van der Waals surface area contributed by atoms with E-state index in [2.05, 4.69) is 20.6 Å². The fourth-order valence-corrected chi connectivity index (χ4v) is 6.28. The van der Waals surface area contributed by atoms with Gasteiger partial charge in [0.25, 0.3) is 0 Å². The number of H-pyrrole nitrogens is 1. The molecule has 1 fully saturated rings. The molecule has 0 radical (unpaired) electrons. The van der Waals surface area contributed by atoms with E-state index in [1.165, 1.54) is 7.11 Å². The first-order chi connectivity index (χ1) is 22.7. The van der Waals surface area contributed by atoms with Gasteiger partial charge in [-0.05, 0) is 35.2 Å². The van der Waals surface area contributed by atoms with E-state index >= 15 is 0 Å². The largest absolute Gasteiger partial charge is 0.490 e. The van der Waals surface area contributed by atoms with Crippen LogP contribution in [-0.2, 0) is 42.0 Å². The number of imidazole rings is 1. The van der Waals surface area contributed by atoms with E-state index in [-0.39, 0.29) is 12.8 Å². The molecule has 13 nitrogen and oxygen atoms in total. The zero-order chi connectivity index (χ0) is 35.1. The number of amides is 3. The topological polar surface area (TPSA) is 197 Å². The van der Waals surface area contributed by atoms with E-state index in [0.717, 1.165) is 22.2 Å². The smallest absolute Gasteiger partial charge is 0.475 e. The lowest BCUT2D eigenvalue weighted by atomic mass is 10.0. The number of aliphatic carboxylic acids is 1. The minimum Gasteiger partial charge on any atom is -0.475 e. The lowest BCUT2D eigenvalue weighted by Gasteiger charge is -2.21. The number of fused-ring (bicyclic) bond motifs is 1. The Kier molecular flexibility index (Phi) is 11.0. The molecule has 1 aliphatic rings. The van der Waals surface area contributed by atoms with Crippen LogP contribution >= 0.6 is 0 Å². The number of para-hydroxylation sites is 2. The molecule has 3 atom stereocenters. The number of nitrogens with one attached hydrogen (secondary N) is 4. The summed E-state index contributed by atoms with van der Waals surface area (Å²) in [5.41, 5.74) is 3.68. The average Bonchev–Trinajstić information content (AvgIpc) is 3.59. The Bertz CT molecular complexity index is 1850. The number of carbonyl (C=O) groups is 4. The summed E-state index contributed by atoms with van der Waals surface area (Å²) in [5, 5.41) is 11.8. The number of nitrogens with zero attached hydrogens (tertiary/aromatic N) is 1. The molecule has 2 heterocycles. The van der Waals surface area contributed by atoms with Crippen molar-refractivity contribution in [3.8, 4) is 0 Å². The number of carboxylic acid groups (broad SMARTS) is 1. The lowest BCUT2D eigenvalue weighted by Crippen LogP contribution is -2.48. The molecule has 1 unspecified atom stereocenters. The SMILES string of the molecule is COC(=O)[C@H](Cc1ccccc1)NC(=O)N[C@@H](Cc1ccc(C2CC(=O)NS2(=O)=O)cc1)c1nc2ccccc2[nH]1.O=C(O)C(F)(F)F. The van der Waals surface area contributed by atoms with E-state index in [9.17, 15) is 36.0 Å². The van der Waals surface area contributed by atoms with Crippen molar-refractivity contribution in [3.05, 3.63) is 101 Å². The quantitative estimate of drug-likeness (QED) is 0.164. The fourth-order valence-electron chi connectivity index (χ4n) is 4.85. The summed E-state index contributed by atoms with van der Waals surface area (Å²) >= 11 is 0. The van der Waals surface area contributed by atoms with Gasteiger partial charge >= 0.3 is 24.1 Å². The Morgan fingerprint density at radius 1 is 0.958 bits per heavy atom. The van der Waals surface area contributed by atoms with Gasteiger partial charge in [0.05, 0.1) is 30.6 Å². The van der Waals surface area contributed by atoms with Gasteiger partial charge in [-0.2, -0.15) is 13.2 Å². The highest BCUT2D eigenvalue weighted by molar-refractivity contribution is 7.90. The standard InChI is InChI=1S/C29H29N5O6S.C2HF3O2/c1-40-28(36)24(16-18-7-3-2-4-8-18)33-29(37)32-23(27-30-21-9-5-6-10-22(21)31-27)15-19-11-13-20(14-12-19)25-17-26(35)34-41(25,38)39;3-2(4,5)1(6)7/h2-14,23-25H,15-17H2,1H3,(H,30,31)(H,34,35)(H2,32,33,37);(H,6,7)/t23-,24-,25?;/m0./s1. The Morgan fingerprint density at radius 2 is 1.56 bits per heavy atom. The van der Waals surface area contributed by atoms with Crippen LogP contribution in [0.1, 0.15) is 40.2 Å². The summed E-state index contributed by atoms with van der Waals surface area (Å²) < 4.78 is 63.2. The average molecular weight is 690 g/mol. The molecule has 3 amide bonds. The predicted octanol–water partition coefficient (Wildman–Crippen LogP) is 3.45. The second kappa shape index (κ2) is 15.0. The number of alkyl halides is 3. The number of rotatable bonds is 9. The highest BCUT2D eigenvalue weighted by Gasteiger charge is 2.39. The number of sulfonamides is 1. The molecule has 3 aromatic carbocycles. The summed E-state index contributed by atoms with van der Waals surface area (Å²) in [4.78, 5) is 54.1. The first-order valence-corrected chi connectivity index (χ1v) is 15.8. The van der Waals surface area contributed by atoms with Crippen molar-refractivity contribution in [2.45, 2.75) is 42.8 Å². The number of aromatic nitrogens is 2. The van der Waals surface area contributed by atoms with E-state index in [0.29, 0.717) is 17.8 Å². The Morgan fingerprint density at radius 3 is 2.12 bits per heavy atom. The highest BCUT2D eigenvalue weighted by atomic mass is 32.2. The molecule has 1 aliphatic heterocycles. The number of carboxylic acids is 1. The molecule has 0 spiro atoms. The molecule has 0 saturated carbocycles. The number of hydrogen-bond acceptors (Lipinski definition) is 8. The molecule has 48 heavy (non-hydrogen) atoms. The maximum atomic E-state index is 13.2. The van der Waals surface area contributed by atoms with Crippen molar-refractivity contribution in [3.63, 3.8) is 0 Å². The zero-order valence-electron chi connectivity index (χ0n) is 25.2. The van der Waals surface area contributed by atoms with Gasteiger partial charge in [-0.15, -0.1) is 0 Å². The van der Waals surface area contributed by atoms with Gasteiger partial charge in [-0.1, -0.05) is 66.7 Å². The molecule has 1 saturated heterocycles. The number of hydrogen-bond donors (Lipinski definition) is 5. The van der Waals surface area contributed by atoms with E-state index in [1.807, 2.05) is 59.3 Å². The van der Waals surface area contributed by atoms with Crippen molar-refractivity contribution in [2.24, 2.45) is 0 Å². The molecular weight excluding hydrogens is 659 g/mol. The summed E-state index contributed by atoms with van der Waals surface area (Å²) in [6.45, 7) is 0. The first-order valence-electron chi connectivity index (χ1n) is 14.2. The van der Waals surface area contributed by atoms with Gasteiger partial charge in [0.15, 0.2) is 0 Å². The van der Waals surface area contributed by atoms with E-state index in [1.54, 1.807) is 24.3 Å². The molecule has 254 valence electrons. The van der Waals surface area contributed by atoms with E-state index in [4.69, 9.17) is 14.6 Å². The Hall–Kier alpha value is -5.45. The van der Waals surface area contributed by atoms with Crippen molar-refractivity contribution in [1.82, 2.24) is 25.3 Å². The van der Waals surface area contributed by atoms with Crippen molar-refractivity contribution >= 4 is 44.9 Å². The summed E-state index contributed by atoms with van der Waals surface area (Å²) in [6, 6.07) is 21.5. The van der Waals surface area contributed by atoms with Crippen LogP contribution in [0.3, 0.4) is 0 Å². The van der Waals surface area contributed by atoms with Crippen molar-refractivity contribution < 1.29 is 50.6 Å². The van der Waals surface area contributed by atoms with Crippen molar-refractivity contribution in [1.29, 1.82) is 0 Å². The third kappa shape index (κ3) is 9.31. The zero-order valence-corrected chi connectivity index (χ0v) is 26.0. The maximum Gasteiger partial charge on any atom is 0.490 e. The molecule has 0 aliphatic carbocycles. The normalized spacial score (nSPS) is 16.5. The van der Waals surface area contributed by atoms with Crippen LogP contribution < -0.4 is 15.4 Å². The molecule has 4 aromatic rings. The number of carbonyl (C=O) groups excluding carboxylic acids is 3. The second-order valence-electron chi connectivity index (χ2n) is 10.6. The van der Waals surface area contributed by atoms with Crippen LogP contribution in [0, 0.1) is 0 Å². The first kappa shape index (κ1) is 35.4. The number of halogens is 3. The minimum atomic E-state index is -5.08. The number of ether oxygens (including phenoxy) is 1. The molecule has 0 bridgehead atoms. The highest BCUT2D eigenvalue weighted by Crippen LogP contribution is 2.30. The maximum absolute atomic E-state index is 13.2. The Balaban J connectivity index is 0.000000671. The number of methoxy groups -OCH3 is 1. The molecule has 5 N–H and O–H groups in total. The van der Waals surface area contributed by atoms with Gasteiger partial charge in [-0.25, -0.2) is 27.8 Å². The molecule has 5 rings (SSSR count). The number of esters is 1. The Labute approximate surface area is 271 Å². The van der Waals surface area contributed by atoms with Gasteiger partial charge in [0.2, 0.25) is 15.9 Å².